The summed E-state index contributed by atoms with van der Waals surface area (Å²) in [5.41, 5.74) is 6.34. The van der Waals surface area contributed by atoms with Gasteiger partial charge in [-0.15, -0.1) is 0 Å². The number of benzene rings is 2. The quantitative estimate of drug-likeness (QED) is 0.405. The van der Waals surface area contributed by atoms with Crippen LogP contribution in [0.5, 0.6) is 5.75 Å². The number of hydrogen-bond acceptors (Lipinski definition) is 4. The molecule has 0 aliphatic rings. The Hall–Kier alpha value is -2.89. The highest BCUT2D eigenvalue weighted by Crippen LogP contribution is 2.18. The molecule has 0 spiro atoms. The van der Waals surface area contributed by atoms with Gasteiger partial charge in [0.1, 0.15) is 17.1 Å². The van der Waals surface area contributed by atoms with Crippen molar-refractivity contribution in [3.05, 3.63) is 65.5 Å². The second kappa shape index (κ2) is 6.51. The maximum atomic E-state index is 12.8. The number of rotatable bonds is 4. The Bertz CT molecular complexity index is 669. The second-order valence-corrected chi connectivity index (χ2v) is 4.06. The van der Waals surface area contributed by atoms with Gasteiger partial charge < -0.3 is 15.3 Å². The molecule has 0 saturated carbocycles. The van der Waals surface area contributed by atoms with Crippen LogP contribution < -0.4 is 10.5 Å². The molecule has 0 bridgehead atoms. The third kappa shape index (κ3) is 3.56. The molecule has 2 aromatic carbocycles. The zero-order valence-corrected chi connectivity index (χ0v) is 11.2. The highest BCUT2D eigenvalue weighted by Gasteiger charge is 2.13. The lowest BCUT2D eigenvalue weighted by Crippen LogP contribution is -2.15. The SMILES string of the molecule is COc1ccccc1C(=O)O/N=C(\N)c1ccc(F)cc1. The first-order valence-electron chi connectivity index (χ1n) is 6.05. The average molecular weight is 288 g/mol. The van der Waals surface area contributed by atoms with Gasteiger partial charge in [-0.3, -0.25) is 0 Å². The number of ether oxygens (including phenoxy) is 1. The maximum absolute atomic E-state index is 12.8. The van der Waals surface area contributed by atoms with Crippen molar-refractivity contribution in [3.63, 3.8) is 0 Å². The van der Waals surface area contributed by atoms with Gasteiger partial charge in [0, 0.05) is 5.56 Å². The second-order valence-electron chi connectivity index (χ2n) is 4.06. The standard InChI is InChI=1S/C15H13FN2O3/c1-20-13-5-3-2-4-12(13)15(19)21-18-14(17)10-6-8-11(16)9-7-10/h2-9H,1H3,(H2,17,18). The van der Waals surface area contributed by atoms with Gasteiger partial charge in [-0.25, -0.2) is 9.18 Å². The lowest BCUT2D eigenvalue weighted by atomic mass is 10.2. The number of hydrogen-bond donors (Lipinski definition) is 1. The number of halogens is 1. The lowest BCUT2D eigenvalue weighted by Gasteiger charge is -2.05. The highest BCUT2D eigenvalue weighted by molar-refractivity contribution is 5.98. The first kappa shape index (κ1) is 14.5. The Balaban J connectivity index is 2.12. The minimum absolute atomic E-state index is 0.0294. The Morgan fingerprint density at radius 2 is 1.81 bits per heavy atom. The molecule has 0 aliphatic heterocycles. The van der Waals surface area contributed by atoms with Crippen LogP contribution in [0.3, 0.4) is 0 Å². The smallest absolute Gasteiger partial charge is 0.369 e. The average Bonchev–Trinajstić information content (AvgIpc) is 2.52. The van der Waals surface area contributed by atoms with E-state index in [0.717, 1.165) is 0 Å². The summed E-state index contributed by atoms with van der Waals surface area (Å²) in [6.45, 7) is 0. The van der Waals surface area contributed by atoms with E-state index < -0.39 is 11.8 Å². The van der Waals surface area contributed by atoms with Crippen LogP contribution in [-0.2, 0) is 4.84 Å². The summed E-state index contributed by atoms with van der Waals surface area (Å²) >= 11 is 0. The Morgan fingerprint density at radius 1 is 1.14 bits per heavy atom. The summed E-state index contributed by atoms with van der Waals surface area (Å²) in [6, 6.07) is 11.9. The number of para-hydroxylation sites is 1. The topological polar surface area (TPSA) is 73.9 Å². The van der Waals surface area contributed by atoms with E-state index in [-0.39, 0.29) is 11.4 Å². The number of amidine groups is 1. The molecule has 0 fully saturated rings. The van der Waals surface area contributed by atoms with E-state index in [0.29, 0.717) is 11.3 Å². The van der Waals surface area contributed by atoms with Crippen molar-refractivity contribution in [3.8, 4) is 5.75 Å². The van der Waals surface area contributed by atoms with Crippen molar-refractivity contribution in [2.75, 3.05) is 7.11 Å². The molecule has 0 aliphatic carbocycles. The van der Waals surface area contributed by atoms with E-state index in [9.17, 15) is 9.18 Å². The molecule has 2 aromatic rings. The normalized spacial score (nSPS) is 11.0. The molecular weight excluding hydrogens is 275 g/mol. The van der Waals surface area contributed by atoms with Gasteiger partial charge >= 0.3 is 5.97 Å². The highest BCUT2D eigenvalue weighted by atomic mass is 19.1. The summed E-state index contributed by atoms with van der Waals surface area (Å²) in [7, 11) is 1.45. The fourth-order valence-electron chi connectivity index (χ4n) is 1.63. The summed E-state index contributed by atoms with van der Waals surface area (Å²) in [4.78, 5) is 16.7. The molecule has 21 heavy (non-hydrogen) atoms. The van der Waals surface area contributed by atoms with Crippen molar-refractivity contribution in [1.82, 2.24) is 0 Å². The van der Waals surface area contributed by atoms with Crippen LogP contribution >= 0.6 is 0 Å². The van der Waals surface area contributed by atoms with Crippen LogP contribution in [0.15, 0.2) is 53.7 Å². The number of nitrogens with two attached hydrogens (primary N) is 1. The summed E-state index contributed by atoms with van der Waals surface area (Å²) in [5.74, 6) is -0.744. The van der Waals surface area contributed by atoms with Crippen LogP contribution in [0, 0.1) is 5.82 Å². The molecule has 0 heterocycles. The van der Waals surface area contributed by atoms with Gasteiger partial charge in [-0.2, -0.15) is 0 Å². The van der Waals surface area contributed by atoms with Gasteiger partial charge in [0.05, 0.1) is 7.11 Å². The van der Waals surface area contributed by atoms with Gasteiger partial charge in [0.25, 0.3) is 0 Å². The molecule has 0 atom stereocenters. The molecule has 108 valence electrons. The molecule has 2 rings (SSSR count). The predicted molar refractivity (Wildman–Crippen MR) is 75.5 cm³/mol. The van der Waals surface area contributed by atoms with E-state index in [2.05, 4.69) is 5.16 Å². The minimum atomic E-state index is -0.697. The molecular formula is C15H13FN2O3. The Labute approximate surface area is 120 Å². The van der Waals surface area contributed by atoms with Crippen molar-refractivity contribution >= 4 is 11.8 Å². The van der Waals surface area contributed by atoms with Crippen molar-refractivity contribution < 1.29 is 18.8 Å². The van der Waals surface area contributed by atoms with E-state index in [1.165, 1.54) is 31.4 Å². The van der Waals surface area contributed by atoms with Crippen LogP contribution in [-0.4, -0.2) is 18.9 Å². The fraction of sp³-hybridized carbons (Fsp3) is 0.0667. The first-order chi connectivity index (χ1) is 10.1. The van der Waals surface area contributed by atoms with Crippen molar-refractivity contribution in [2.24, 2.45) is 10.9 Å². The molecule has 5 nitrogen and oxygen atoms in total. The number of oxime groups is 1. The summed E-state index contributed by atoms with van der Waals surface area (Å²) in [5, 5.41) is 3.54. The fourth-order valence-corrected chi connectivity index (χ4v) is 1.63. The molecule has 0 amide bonds. The number of carbonyl (C=O) groups is 1. The van der Waals surface area contributed by atoms with Crippen LogP contribution in [0.2, 0.25) is 0 Å². The maximum Gasteiger partial charge on any atom is 0.369 e. The lowest BCUT2D eigenvalue weighted by molar-refractivity contribution is 0.0512. The monoisotopic (exact) mass is 288 g/mol. The van der Waals surface area contributed by atoms with Crippen molar-refractivity contribution in [2.45, 2.75) is 0 Å². The number of methoxy groups -OCH3 is 1. The largest absolute Gasteiger partial charge is 0.496 e. The first-order valence-corrected chi connectivity index (χ1v) is 6.05. The summed E-state index contributed by atoms with van der Waals surface area (Å²) in [6.07, 6.45) is 0. The van der Waals surface area contributed by atoms with Crippen molar-refractivity contribution in [1.29, 1.82) is 0 Å². The van der Waals surface area contributed by atoms with E-state index in [4.69, 9.17) is 15.3 Å². The molecule has 2 N–H and O–H groups in total. The van der Waals surface area contributed by atoms with Crippen LogP contribution in [0.1, 0.15) is 15.9 Å². The molecule has 6 heteroatoms. The van der Waals surface area contributed by atoms with E-state index in [1.54, 1.807) is 24.3 Å². The zero-order chi connectivity index (χ0) is 15.2. The third-order valence-corrected chi connectivity index (χ3v) is 2.69. The Kier molecular flexibility index (Phi) is 4.50. The molecule has 0 saturated heterocycles. The van der Waals surface area contributed by atoms with Gasteiger partial charge in [-0.05, 0) is 36.4 Å². The van der Waals surface area contributed by atoms with Crippen LogP contribution in [0.25, 0.3) is 0 Å². The summed E-state index contributed by atoms with van der Waals surface area (Å²) < 4.78 is 17.8. The number of carbonyl (C=O) groups excluding carboxylic acids is 1. The minimum Gasteiger partial charge on any atom is -0.496 e. The van der Waals surface area contributed by atoms with E-state index in [1.807, 2.05) is 0 Å². The molecule has 0 aromatic heterocycles. The van der Waals surface area contributed by atoms with Gasteiger partial charge in [0.2, 0.25) is 0 Å². The zero-order valence-electron chi connectivity index (χ0n) is 11.2. The Morgan fingerprint density at radius 3 is 2.48 bits per heavy atom. The van der Waals surface area contributed by atoms with Gasteiger partial charge in [0.15, 0.2) is 5.84 Å². The molecule has 0 unspecified atom stereocenters. The number of nitrogens with zero attached hydrogens (tertiary/aromatic N) is 1. The predicted octanol–water partition coefficient (Wildman–Crippen LogP) is 2.31. The van der Waals surface area contributed by atoms with Gasteiger partial charge in [-0.1, -0.05) is 17.3 Å². The molecule has 0 radical (unpaired) electrons. The van der Waals surface area contributed by atoms with Crippen LogP contribution in [0.4, 0.5) is 4.39 Å². The van der Waals surface area contributed by atoms with E-state index >= 15 is 0 Å². The third-order valence-electron chi connectivity index (χ3n) is 2.69.